The van der Waals surface area contributed by atoms with Gasteiger partial charge in [-0.15, -0.1) is 10.2 Å². The molecule has 0 unspecified atom stereocenters. The molecule has 1 aromatic heterocycles. The monoisotopic (exact) mass is 265 g/mol. The molecule has 0 aliphatic rings. The fourth-order valence-electron chi connectivity index (χ4n) is 0.809. The van der Waals surface area contributed by atoms with Gasteiger partial charge >= 0.3 is 0 Å². The van der Waals surface area contributed by atoms with E-state index in [1.54, 1.807) is 0 Å². The van der Waals surface area contributed by atoms with Crippen molar-refractivity contribution in [2.45, 2.75) is 0 Å². The van der Waals surface area contributed by atoms with Crippen LogP contribution in [0, 0.1) is 0 Å². The smallest absolute Gasteiger partial charge is 0.278 e. The number of rotatable bonds is 5. The van der Waals surface area contributed by atoms with Gasteiger partial charge in [0.25, 0.3) is 5.91 Å². The Morgan fingerprint density at radius 3 is 2.88 bits per heavy atom. The predicted octanol–water partition coefficient (Wildman–Crippen LogP) is 1.09. The molecular formula is C8H9Cl2N3O3. The van der Waals surface area contributed by atoms with Crippen LogP contribution in [-0.2, 0) is 9.57 Å². The molecule has 0 atom stereocenters. The Labute approximate surface area is 102 Å². The highest BCUT2D eigenvalue weighted by Gasteiger charge is 2.12. The van der Waals surface area contributed by atoms with Crippen molar-refractivity contribution in [2.75, 3.05) is 20.3 Å². The zero-order valence-corrected chi connectivity index (χ0v) is 9.88. The first-order chi connectivity index (χ1) is 7.65. The summed E-state index contributed by atoms with van der Waals surface area (Å²) >= 11 is 11.2. The molecule has 1 N–H and O–H groups in total. The Kier molecular flexibility index (Phi) is 5.41. The topological polar surface area (TPSA) is 73.3 Å². The molecule has 0 aliphatic carbocycles. The van der Waals surface area contributed by atoms with Crippen LogP contribution in [0.4, 0.5) is 0 Å². The highest BCUT2D eigenvalue weighted by Crippen LogP contribution is 2.14. The van der Waals surface area contributed by atoms with Gasteiger partial charge in [-0.1, -0.05) is 23.2 Å². The van der Waals surface area contributed by atoms with Crippen molar-refractivity contribution in [1.29, 1.82) is 0 Å². The van der Waals surface area contributed by atoms with E-state index in [2.05, 4.69) is 15.7 Å². The van der Waals surface area contributed by atoms with Crippen molar-refractivity contribution in [3.05, 3.63) is 21.9 Å². The van der Waals surface area contributed by atoms with Crippen molar-refractivity contribution in [3.8, 4) is 0 Å². The van der Waals surface area contributed by atoms with Gasteiger partial charge in [0.2, 0.25) is 0 Å². The minimum atomic E-state index is -0.544. The number of methoxy groups -OCH3 is 1. The van der Waals surface area contributed by atoms with Gasteiger partial charge in [0.15, 0.2) is 10.3 Å². The summed E-state index contributed by atoms with van der Waals surface area (Å²) in [5.74, 6) is -0.544. The van der Waals surface area contributed by atoms with E-state index in [0.29, 0.717) is 6.61 Å². The lowest BCUT2D eigenvalue weighted by atomic mass is 10.3. The lowest BCUT2D eigenvalue weighted by Gasteiger charge is -2.05. The summed E-state index contributed by atoms with van der Waals surface area (Å²) in [6.45, 7) is 0.593. The van der Waals surface area contributed by atoms with Crippen molar-refractivity contribution in [3.63, 3.8) is 0 Å². The third kappa shape index (κ3) is 3.90. The third-order valence-electron chi connectivity index (χ3n) is 1.52. The maximum Gasteiger partial charge on any atom is 0.278 e. The van der Waals surface area contributed by atoms with Crippen molar-refractivity contribution in [1.82, 2.24) is 15.7 Å². The molecule has 0 radical (unpaired) electrons. The van der Waals surface area contributed by atoms with Crippen LogP contribution in [0.1, 0.15) is 10.4 Å². The highest BCUT2D eigenvalue weighted by atomic mass is 35.5. The van der Waals surface area contributed by atoms with Gasteiger partial charge in [0.1, 0.15) is 0 Å². The second-order valence-electron chi connectivity index (χ2n) is 2.64. The Hall–Kier alpha value is -0.950. The number of hydrogen-bond acceptors (Lipinski definition) is 5. The van der Waals surface area contributed by atoms with Crippen LogP contribution in [-0.4, -0.2) is 36.4 Å². The van der Waals surface area contributed by atoms with Gasteiger partial charge < -0.3 is 4.74 Å². The van der Waals surface area contributed by atoms with E-state index >= 15 is 0 Å². The quantitative estimate of drug-likeness (QED) is 0.638. The second kappa shape index (κ2) is 6.59. The van der Waals surface area contributed by atoms with Crippen LogP contribution >= 0.6 is 23.2 Å². The molecule has 8 heteroatoms. The zero-order valence-electron chi connectivity index (χ0n) is 8.37. The first kappa shape index (κ1) is 13.1. The summed E-state index contributed by atoms with van der Waals surface area (Å²) in [6.07, 6.45) is 0. The number of nitrogens with zero attached hydrogens (tertiary/aromatic N) is 2. The average molecular weight is 266 g/mol. The Morgan fingerprint density at radius 1 is 1.44 bits per heavy atom. The number of nitrogens with one attached hydrogen (secondary N) is 1. The molecule has 0 saturated carbocycles. The van der Waals surface area contributed by atoms with Gasteiger partial charge in [0, 0.05) is 7.11 Å². The van der Waals surface area contributed by atoms with Gasteiger partial charge in [-0.3, -0.25) is 9.63 Å². The predicted molar refractivity (Wildman–Crippen MR) is 57.3 cm³/mol. The average Bonchev–Trinajstić information content (AvgIpc) is 2.27. The summed E-state index contributed by atoms with van der Waals surface area (Å²) in [5.41, 5.74) is 2.27. The SMILES string of the molecule is COCCONC(=O)c1cc(Cl)nnc1Cl. The standard InChI is InChI=1S/C8H9Cl2N3O3/c1-15-2-3-16-13-8(14)5-4-6(9)11-12-7(5)10/h4H,2-3H2,1H3,(H,13,14). The maximum absolute atomic E-state index is 11.5. The maximum atomic E-state index is 11.5. The summed E-state index contributed by atoms with van der Waals surface area (Å²) in [7, 11) is 1.52. The van der Waals surface area contributed by atoms with E-state index in [-0.39, 0.29) is 22.5 Å². The molecule has 1 heterocycles. The summed E-state index contributed by atoms with van der Waals surface area (Å²) in [4.78, 5) is 16.3. The molecule has 0 aromatic carbocycles. The Bertz CT molecular complexity index is 376. The van der Waals surface area contributed by atoms with E-state index in [1.807, 2.05) is 0 Å². The fourth-order valence-corrected chi connectivity index (χ4v) is 1.13. The largest absolute Gasteiger partial charge is 0.382 e. The third-order valence-corrected chi connectivity index (χ3v) is 1.98. The number of carbonyl (C=O) groups is 1. The van der Waals surface area contributed by atoms with Gasteiger partial charge in [-0.2, -0.15) is 0 Å². The van der Waals surface area contributed by atoms with Crippen molar-refractivity contribution in [2.24, 2.45) is 0 Å². The van der Waals surface area contributed by atoms with E-state index in [0.717, 1.165) is 0 Å². The number of ether oxygens (including phenoxy) is 1. The minimum Gasteiger partial charge on any atom is -0.382 e. The normalized spacial score (nSPS) is 10.2. The number of halogens is 2. The van der Waals surface area contributed by atoms with Crippen LogP contribution < -0.4 is 5.48 Å². The van der Waals surface area contributed by atoms with Gasteiger partial charge in [0.05, 0.1) is 18.8 Å². The first-order valence-corrected chi connectivity index (χ1v) is 5.00. The molecule has 6 nitrogen and oxygen atoms in total. The lowest BCUT2D eigenvalue weighted by Crippen LogP contribution is -2.26. The van der Waals surface area contributed by atoms with Crippen LogP contribution in [0.15, 0.2) is 6.07 Å². The molecule has 0 bridgehead atoms. The number of hydrogen-bond donors (Lipinski definition) is 1. The first-order valence-electron chi connectivity index (χ1n) is 4.25. The molecule has 0 saturated heterocycles. The van der Waals surface area contributed by atoms with Gasteiger partial charge in [-0.05, 0) is 6.07 Å². The van der Waals surface area contributed by atoms with Crippen LogP contribution in [0.5, 0.6) is 0 Å². The molecule has 1 rings (SSSR count). The van der Waals surface area contributed by atoms with Gasteiger partial charge in [-0.25, -0.2) is 5.48 Å². The van der Waals surface area contributed by atoms with Crippen LogP contribution in [0.25, 0.3) is 0 Å². The molecule has 1 amide bonds. The Morgan fingerprint density at radius 2 is 2.19 bits per heavy atom. The van der Waals surface area contributed by atoms with E-state index in [9.17, 15) is 4.79 Å². The second-order valence-corrected chi connectivity index (χ2v) is 3.39. The molecule has 88 valence electrons. The summed E-state index contributed by atoms with van der Waals surface area (Å²) in [5, 5.41) is 6.99. The summed E-state index contributed by atoms with van der Waals surface area (Å²) < 4.78 is 4.73. The van der Waals surface area contributed by atoms with Crippen molar-refractivity contribution < 1.29 is 14.4 Å². The number of aromatic nitrogens is 2. The number of hydroxylamine groups is 1. The molecule has 0 aliphatic heterocycles. The number of carbonyl (C=O) groups excluding carboxylic acids is 1. The van der Waals surface area contributed by atoms with Crippen molar-refractivity contribution >= 4 is 29.1 Å². The Balaban J connectivity index is 2.55. The van der Waals surface area contributed by atoms with E-state index < -0.39 is 5.91 Å². The molecule has 1 aromatic rings. The van der Waals surface area contributed by atoms with E-state index in [4.69, 9.17) is 32.8 Å². The summed E-state index contributed by atoms with van der Waals surface area (Å²) in [6, 6.07) is 1.30. The minimum absolute atomic E-state index is 0.0442. The molecule has 0 fully saturated rings. The number of amides is 1. The molecule has 0 spiro atoms. The van der Waals surface area contributed by atoms with Crippen LogP contribution in [0.3, 0.4) is 0 Å². The fraction of sp³-hybridized carbons (Fsp3) is 0.375. The molecule has 16 heavy (non-hydrogen) atoms. The van der Waals surface area contributed by atoms with Crippen LogP contribution in [0.2, 0.25) is 10.3 Å². The zero-order chi connectivity index (χ0) is 12.0. The molecular weight excluding hydrogens is 257 g/mol. The lowest BCUT2D eigenvalue weighted by molar-refractivity contribution is 0.00886. The van der Waals surface area contributed by atoms with E-state index in [1.165, 1.54) is 13.2 Å². The highest BCUT2D eigenvalue weighted by molar-refractivity contribution is 6.34.